The Morgan fingerprint density at radius 2 is 2.14 bits per heavy atom. The molecule has 0 aliphatic heterocycles. The number of carboxylic acid groups (broad SMARTS) is 1. The first-order valence-corrected chi connectivity index (χ1v) is 5.95. The predicted octanol–water partition coefficient (Wildman–Crippen LogP) is 2.14. The summed E-state index contributed by atoms with van der Waals surface area (Å²) in [6, 6.07) is 4.40. The molecule has 8 heteroatoms. The van der Waals surface area contributed by atoms with Crippen LogP contribution >= 0.6 is 0 Å². The molecule has 7 nitrogen and oxygen atoms in total. The van der Waals surface area contributed by atoms with Gasteiger partial charge in [-0.2, -0.15) is 0 Å². The van der Waals surface area contributed by atoms with E-state index in [1.54, 1.807) is 13.0 Å². The largest absolute Gasteiger partial charge is 0.478 e. The Morgan fingerprint density at radius 3 is 2.71 bits per heavy atom. The van der Waals surface area contributed by atoms with Crippen LogP contribution in [0.1, 0.15) is 21.8 Å². The topological polar surface area (TPSA) is 104 Å². The van der Waals surface area contributed by atoms with Gasteiger partial charge in [-0.25, -0.2) is 14.0 Å². The van der Waals surface area contributed by atoms with Crippen LogP contribution in [-0.2, 0) is 6.54 Å². The molecule has 2 aromatic rings. The van der Waals surface area contributed by atoms with E-state index in [0.717, 1.165) is 12.1 Å². The molecule has 1 heterocycles. The number of carboxylic acids is 1. The van der Waals surface area contributed by atoms with Crippen LogP contribution in [0.15, 0.2) is 28.8 Å². The molecule has 2 rings (SSSR count). The van der Waals surface area contributed by atoms with Crippen LogP contribution in [0.5, 0.6) is 0 Å². The maximum absolute atomic E-state index is 13.4. The number of rotatable bonds is 4. The summed E-state index contributed by atoms with van der Waals surface area (Å²) >= 11 is 0. The first kappa shape index (κ1) is 14.5. The van der Waals surface area contributed by atoms with E-state index in [1.165, 1.54) is 6.07 Å². The van der Waals surface area contributed by atoms with Gasteiger partial charge in [-0.3, -0.25) is 0 Å². The molecule has 0 aliphatic rings. The lowest BCUT2D eigenvalue weighted by atomic mass is 10.2. The van der Waals surface area contributed by atoms with Crippen molar-refractivity contribution in [1.82, 2.24) is 10.5 Å². The lowest BCUT2D eigenvalue weighted by Crippen LogP contribution is -2.28. The molecule has 110 valence electrons. The average Bonchev–Trinajstić information content (AvgIpc) is 2.82. The highest BCUT2D eigenvalue weighted by molar-refractivity contribution is 5.91. The summed E-state index contributed by atoms with van der Waals surface area (Å²) < 4.78 is 18.3. The van der Waals surface area contributed by atoms with Crippen molar-refractivity contribution in [3.05, 3.63) is 47.1 Å². The minimum absolute atomic E-state index is 0.127. The summed E-state index contributed by atoms with van der Waals surface area (Å²) in [5, 5.41) is 17.2. The normalized spacial score (nSPS) is 10.2. The van der Waals surface area contributed by atoms with Crippen LogP contribution in [0.4, 0.5) is 14.9 Å². The van der Waals surface area contributed by atoms with E-state index in [-0.39, 0.29) is 12.2 Å². The van der Waals surface area contributed by atoms with Gasteiger partial charge in [0.15, 0.2) is 5.76 Å². The fourth-order valence-corrected chi connectivity index (χ4v) is 1.61. The van der Waals surface area contributed by atoms with E-state index >= 15 is 0 Å². The molecule has 0 fully saturated rings. The molecular formula is C13H12FN3O4. The Hall–Kier alpha value is -2.90. The Morgan fingerprint density at radius 1 is 1.38 bits per heavy atom. The number of hydrogen-bond donors (Lipinski definition) is 3. The second-order valence-corrected chi connectivity index (χ2v) is 4.24. The number of carbonyl (C=O) groups excluding carboxylic acids is 1. The Labute approximate surface area is 118 Å². The Bertz CT molecular complexity index is 684. The zero-order valence-electron chi connectivity index (χ0n) is 11.0. The molecule has 0 aliphatic carbocycles. The summed E-state index contributed by atoms with van der Waals surface area (Å²) in [7, 11) is 0. The van der Waals surface area contributed by atoms with Crippen LogP contribution in [-0.4, -0.2) is 22.3 Å². The number of carbonyl (C=O) groups is 2. The number of benzene rings is 1. The number of aromatic carboxylic acids is 1. The van der Waals surface area contributed by atoms with Gasteiger partial charge in [-0.1, -0.05) is 5.16 Å². The van der Waals surface area contributed by atoms with E-state index in [0.29, 0.717) is 11.5 Å². The van der Waals surface area contributed by atoms with Crippen molar-refractivity contribution < 1.29 is 23.6 Å². The Kier molecular flexibility index (Phi) is 4.17. The van der Waals surface area contributed by atoms with Gasteiger partial charge in [-0.05, 0) is 25.1 Å². The molecule has 0 bridgehead atoms. The van der Waals surface area contributed by atoms with E-state index in [2.05, 4.69) is 15.8 Å². The highest BCUT2D eigenvalue weighted by Gasteiger charge is 2.11. The summed E-state index contributed by atoms with van der Waals surface area (Å²) in [6.07, 6.45) is 0. The molecule has 3 N–H and O–H groups in total. The molecule has 0 radical (unpaired) electrons. The first-order chi connectivity index (χ1) is 9.95. The molecule has 2 amide bonds. The summed E-state index contributed by atoms with van der Waals surface area (Å²) in [4.78, 5) is 22.3. The number of amides is 2. The maximum atomic E-state index is 13.4. The molecule has 1 aromatic carbocycles. The van der Waals surface area contributed by atoms with Crippen LogP contribution in [0.2, 0.25) is 0 Å². The van der Waals surface area contributed by atoms with Gasteiger partial charge in [0, 0.05) is 11.8 Å². The number of aromatic nitrogens is 1. The monoisotopic (exact) mass is 293 g/mol. The zero-order valence-corrected chi connectivity index (χ0v) is 11.0. The van der Waals surface area contributed by atoms with Gasteiger partial charge in [0.1, 0.15) is 5.82 Å². The lowest BCUT2D eigenvalue weighted by Gasteiger charge is -2.07. The smallest absolute Gasteiger partial charge is 0.338 e. The van der Waals surface area contributed by atoms with Crippen LogP contribution in [0.25, 0.3) is 0 Å². The standard InChI is InChI=1S/C13H12FN3O4/c1-7-4-9(21-17-7)6-15-13(20)16-8-2-3-10(12(18)19)11(14)5-8/h2-5H,6H2,1H3,(H,18,19)(H2,15,16,20). The number of halogens is 1. The minimum atomic E-state index is -1.37. The molecule has 0 unspecified atom stereocenters. The fourth-order valence-electron chi connectivity index (χ4n) is 1.61. The quantitative estimate of drug-likeness (QED) is 0.801. The van der Waals surface area contributed by atoms with E-state index in [1.807, 2.05) is 0 Å². The molecule has 1 aromatic heterocycles. The van der Waals surface area contributed by atoms with Crippen molar-refractivity contribution in [3.8, 4) is 0 Å². The number of anilines is 1. The third kappa shape index (κ3) is 3.78. The van der Waals surface area contributed by atoms with Crippen molar-refractivity contribution >= 4 is 17.7 Å². The molecule has 0 atom stereocenters. The number of nitrogens with zero attached hydrogens (tertiary/aromatic N) is 1. The van der Waals surface area contributed by atoms with Crippen molar-refractivity contribution in [1.29, 1.82) is 0 Å². The second-order valence-electron chi connectivity index (χ2n) is 4.24. The van der Waals surface area contributed by atoms with Gasteiger partial charge in [0.05, 0.1) is 17.8 Å². The van der Waals surface area contributed by atoms with Crippen molar-refractivity contribution in [2.45, 2.75) is 13.5 Å². The zero-order chi connectivity index (χ0) is 15.4. The summed E-state index contributed by atoms with van der Waals surface area (Å²) in [5.41, 5.74) is 0.375. The number of aryl methyl sites for hydroxylation is 1. The maximum Gasteiger partial charge on any atom is 0.338 e. The Balaban J connectivity index is 1.93. The lowest BCUT2D eigenvalue weighted by molar-refractivity contribution is 0.0692. The third-order valence-electron chi connectivity index (χ3n) is 2.56. The highest BCUT2D eigenvalue weighted by Crippen LogP contribution is 2.14. The van der Waals surface area contributed by atoms with E-state index in [4.69, 9.17) is 9.63 Å². The molecule has 0 saturated heterocycles. The van der Waals surface area contributed by atoms with Gasteiger partial charge in [-0.15, -0.1) is 0 Å². The van der Waals surface area contributed by atoms with Crippen molar-refractivity contribution in [2.24, 2.45) is 0 Å². The van der Waals surface area contributed by atoms with E-state index in [9.17, 15) is 14.0 Å². The van der Waals surface area contributed by atoms with Crippen molar-refractivity contribution in [3.63, 3.8) is 0 Å². The average molecular weight is 293 g/mol. The van der Waals surface area contributed by atoms with Gasteiger partial charge in [0.25, 0.3) is 0 Å². The SMILES string of the molecule is Cc1cc(CNC(=O)Nc2ccc(C(=O)O)c(F)c2)on1. The van der Waals surface area contributed by atoms with Gasteiger partial charge in [0.2, 0.25) is 0 Å². The van der Waals surface area contributed by atoms with Gasteiger partial charge < -0.3 is 20.3 Å². The van der Waals surface area contributed by atoms with Crippen LogP contribution < -0.4 is 10.6 Å². The number of nitrogens with one attached hydrogen (secondary N) is 2. The minimum Gasteiger partial charge on any atom is -0.478 e. The van der Waals surface area contributed by atoms with Crippen molar-refractivity contribution in [2.75, 3.05) is 5.32 Å². The molecular weight excluding hydrogens is 281 g/mol. The fraction of sp³-hybridized carbons (Fsp3) is 0.154. The molecule has 21 heavy (non-hydrogen) atoms. The van der Waals surface area contributed by atoms with Crippen LogP contribution in [0.3, 0.4) is 0 Å². The predicted molar refractivity (Wildman–Crippen MR) is 70.5 cm³/mol. The molecule has 0 saturated carbocycles. The van der Waals surface area contributed by atoms with Gasteiger partial charge >= 0.3 is 12.0 Å². The third-order valence-corrected chi connectivity index (χ3v) is 2.56. The number of urea groups is 1. The number of hydrogen-bond acceptors (Lipinski definition) is 4. The highest BCUT2D eigenvalue weighted by atomic mass is 19.1. The summed E-state index contributed by atoms with van der Waals surface area (Å²) in [6.45, 7) is 1.88. The first-order valence-electron chi connectivity index (χ1n) is 5.95. The van der Waals surface area contributed by atoms with E-state index < -0.39 is 23.4 Å². The van der Waals surface area contributed by atoms with Crippen LogP contribution in [0, 0.1) is 12.7 Å². The summed E-state index contributed by atoms with van der Waals surface area (Å²) in [5.74, 6) is -1.81. The molecule has 0 spiro atoms. The second kappa shape index (κ2) is 6.04.